The Kier molecular flexibility index (Phi) is 5.89. The number of carbonyl (C=O) groups excluding carboxylic acids is 1. The first kappa shape index (κ1) is 24.1. The van der Waals surface area contributed by atoms with Crippen molar-refractivity contribution in [3.8, 4) is 17.6 Å². The lowest BCUT2D eigenvalue weighted by Gasteiger charge is -2.42. The number of rotatable bonds is 2. The molecular weight excluding hydrogens is 457 g/mol. The SMILES string of the molecule is COc1ccc([C@@H]2OCC3(C)C(CC[C@@]3(O)C#CC(F)(F)F)C3CCC4=CC(=O)CCC4=C32)cc1. The molecular formula is C28H29F3O4. The predicted octanol–water partition coefficient (Wildman–Crippen LogP) is 5.48. The molecule has 1 saturated heterocycles. The molecule has 1 aromatic rings. The molecule has 0 spiro atoms. The van der Waals surface area contributed by atoms with Crippen molar-refractivity contribution in [2.24, 2.45) is 17.3 Å². The minimum absolute atomic E-state index is 0.0247. The fourth-order valence-electron chi connectivity index (χ4n) is 6.70. The van der Waals surface area contributed by atoms with Crippen molar-refractivity contribution in [2.45, 2.75) is 63.3 Å². The van der Waals surface area contributed by atoms with Gasteiger partial charge in [-0.15, -0.1) is 0 Å². The van der Waals surface area contributed by atoms with Crippen LogP contribution in [0.4, 0.5) is 13.2 Å². The Morgan fingerprint density at radius 1 is 1.14 bits per heavy atom. The van der Waals surface area contributed by atoms with Crippen LogP contribution in [-0.4, -0.2) is 36.4 Å². The average Bonchev–Trinajstić information content (AvgIpc) is 2.99. The molecule has 5 rings (SSSR count). The summed E-state index contributed by atoms with van der Waals surface area (Å²) in [5.41, 5.74) is 1.46. The Morgan fingerprint density at radius 3 is 2.57 bits per heavy atom. The second-order valence-electron chi connectivity index (χ2n) is 10.3. The summed E-state index contributed by atoms with van der Waals surface area (Å²) < 4.78 is 50.8. The number of hydrogen-bond donors (Lipinski definition) is 1. The van der Waals surface area contributed by atoms with Crippen molar-refractivity contribution in [1.29, 1.82) is 0 Å². The van der Waals surface area contributed by atoms with Crippen LogP contribution in [0, 0.1) is 29.1 Å². The van der Waals surface area contributed by atoms with Crippen LogP contribution in [0.3, 0.4) is 0 Å². The first-order valence-electron chi connectivity index (χ1n) is 12.1. The van der Waals surface area contributed by atoms with Gasteiger partial charge in [0.25, 0.3) is 0 Å². The normalized spacial score (nSPS) is 34.6. The van der Waals surface area contributed by atoms with Crippen molar-refractivity contribution in [3.63, 3.8) is 0 Å². The fraction of sp³-hybridized carbons (Fsp3) is 0.536. The van der Waals surface area contributed by atoms with Crippen LogP contribution in [0.15, 0.2) is 47.1 Å². The fourth-order valence-corrected chi connectivity index (χ4v) is 6.70. The van der Waals surface area contributed by atoms with Crippen LogP contribution >= 0.6 is 0 Å². The largest absolute Gasteiger partial charge is 0.497 e. The molecule has 0 aromatic heterocycles. The maximum atomic E-state index is 13.0. The zero-order valence-corrected chi connectivity index (χ0v) is 19.9. The third-order valence-electron chi connectivity index (χ3n) is 8.54. The van der Waals surface area contributed by atoms with E-state index in [2.05, 4.69) is 5.92 Å². The summed E-state index contributed by atoms with van der Waals surface area (Å²) >= 11 is 0. The number of fused-ring (bicyclic) bond motifs is 4. The van der Waals surface area contributed by atoms with Crippen LogP contribution in [0.2, 0.25) is 0 Å². The number of ketones is 1. The standard InChI is InChI=1S/C28H29F3O4/c1-26-16-35-25(17-3-7-20(34-2)8-4-17)24-21-10-6-19(32)15-18(21)5-9-22(24)23(26)11-12-27(26,33)13-14-28(29,30)31/h3-4,7-8,15,22-23,25,33H,5-6,9-12,16H2,1-2H3/t22?,23?,25-,26?,27+/m0/s1. The van der Waals surface area contributed by atoms with Gasteiger partial charge >= 0.3 is 6.18 Å². The molecule has 7 heteroatoms. The highest BCUT2D eigenvalue weighted by atomic mass is 19.4. The molecule has 0 radical (unpaired) electrons. The zero-order chi connectivity index (χ0) is 25.0. The number of benzene rings is 1. The van der Waals surface area contributed by atoms with Crippen molar-refractivity contribution < 1.29 is 32.5 Å². The van der Waals surface area contributed by atoms with Crippen molar-refractivity contribution >= 4 is 5.78 Å². The first-order chi connectivity index (χ1) is 16.5. The predicted molar refractivity (Wildman–Crippen MR) is 123 cm³/mol. The number of aliphatic hydroxyl groups is 1. The van der Waals surface area contributed by atoms with Crippen LogP contribution in [0.25, 0.3) is 0 Å². The van der Waals surface area contributed by atoms with Gasteiger partial charge in [-0.2, -0.15) is 13.2 Å². The highest BCUT2D eigenvalue weighted by molar-refractivity contribution is 5.93. The van der Waals surface area contributed by atoms with E-state index in [-0.39, 0.29) is 30.6 Å². The van der Waals surface area contributed by atoms with Crippen LogP contribution in [0.1, 0.15) is 57.1 Å². The topological polar surface area (TPSA) is 55.8 Å². The van der Waals surface area contributed by atoms with E-state index in [1.807, 2.05) is 31.2 Å². The van der Waals surface area contributed by atoms with E-state index >= 15 is 0 Å². The third kappa shape index (κ3) is 4.11. The first-order valence-corrected chi connectivity index (χ1v) is 12.1. The number of allylic oxidation sites excluding steroid dienone is 3. The van der Waals surface area contributed by atoms with Crippen molar-refractivity contribution in [2.75, 3.05) is 13.7 Å². The maximum Gasteiger partial charge on any atom is 0.457 e. The number of carbonyl (C=O) groups is 1. The second kappa shape index (κ2) is 8.53. The molecule has 4 nitrogen and oxygen atoms in total. The lowest BCUT2D eigenvalue weighted by atomic mass is 9.61. The van der Waals surface area contributed by atoms with E-state index in [1.165, 1.54) is 5.92 Å². The quantitative estimate of drug-likeness (QED) is 0.563. The third-order valence-corrected chi connectivity index (χ3v) is 8.54. The molecule has 35 heavy (non-hydrogen) atoms. The molecule has 1 aromatic carbocycles. The van der Waals surface area contributed by atoms with E-state index in [9.17, 15) is 23.1 Å². The molecule has 1 N–H and O–H groups in total. The van der Waals surface area contributed by atoms with Gasteiger partial charge in [0.05, 0.1) is 13.7 Å². The molecule has 1 aliphatic heterocycles. The summed E-state index contributed by atoms with van der Waals surface area (Å²) in [5, 5.41) is 11.5. The Morgan fingerprint density at radius 2 is 1.89 bits per heavy atom. The number of alkyl halides is 3. The maximum absolute atomic E-state index is 13.0. The highest BCUT2D eigenvalue weighted by Gasteiger charge is 2.61. The van der Waals surface area contributed by atoms with Gasteiger partial charge in [-0.25, -0.2) is 0 Å². The van der Waals surface area contributed by atoms with E-state index in [0.717, 1.165) is 35.1 Å². The number of ether oxygens (including phenoxy) is 2. The second-order valence-corrected chi connectivity index (χ2v) is 10.3. The van der Waals surface area contributed by atoms with Gasteiger partial charge in [0.15, 0.2) is 5.78 Å². The molecule has 4 aliphatic rings. The van der Waals surface area contributed by atoms with E-state index < -0.39 is 23.3 Å². The molecule has 3 aliphatic carbocycles. The number of methoxy groups -OCH3 is 1. The smallest absolute Gasteiger partial charge is 0.457 e. The van der Waals surface area contributed by atoms with Gasteiger partial charge in [0.1, 0.15) is 17.5 Å². The Bertz CT molecular complexity index is 1150. The summed E-state index contributed by atoms with van der Waals surface area (Å²) in [6, 6.07) is 7.61. The Balaban J connectivity index is 1.64. The van der Waals surface area contributed by atoms with E-state index in [0.29, 0.717) is 25.0 Å². The van der Waals surface area contributed by atoms with Gasteiger partial charge in [0, 0.05) is 17.8 Å². The Labute approximate surface area is 203 Å². The number of hydrogen-bond acceptors (Lipinski definition) is 4. The minimum atomic E-state index is -4.67. The summed E-state index contributed by atoms with van der Waals surface area (Å²) in [4.78, 5) is 12.2. The highest BCUT2D eigenvalue weighted by Crippen LogP contribution is 2.61. The zero-order valence-electron chi connectivity index (χ0n) is 19.9. The molecule has 3 unspecified atom stereocenters. The van der Waals surface area contributed by atoms with Crippen LogP contribution in [0.5, 0.6) is 5.75 Å². The van der Waals surface area contributed by atoms with E-state index in [1.54, 1.807) is 13.2 Å². The molecule has 186 valence electrons. The Hall–Kier alpha value is -2.56. The van der Waals surface area contributed by atoms with Crippen LogP contribution < -0.4 is 4.74 Å². The summed E-state index contributed by atoms with van der Waals surface area (Å²) in [7, 11) is 1.60. The molecule has 5 atom stereocenters. The average molecular weight is 487 g/mol. The summed E-state index contributed by atoms with van der Waals surface area (Å²) in [6.07, 6.45) is -0.0290. The lowest BCUT2D eigenvalue weighted by molar-refractivity contribution is -0.114. The number of halogens is 3. The van der Waals surface area contributed by atoms with Gasteiger partial charge in [-0.3, -0.25) is 4.79 Å². The lowest BCUT2D eigenvalue weighted by Crippen LogP contribution is -2.48. The van der Waals surface area contributed by atoms with Gasteiger partial charge < -0.3 is 14.6 Å². The summed E-state index contributed by atoms with van der Waals surface area (Å²) in [5.74, 6) is 4.32. The van der Waals surface area contributed by atoms with Gasteiger partial charge in [-0.1, -0.05) is 25.0 Å². The van der Waals surface area contributed by atoms with E-state index in [4.69, 9.17) is 9.47 Å². The minimum Gasteiger partial charge on any atom is -0.497 e. The molecule has 1 saturated carbocycles. The van der Waals surface area contributed by atoms with Crippen LogP contribution in [-0.2, 0) is 9.53 Å². The molecule has 1 heterocycles. The van der Waals surface area contributed by atoms with Crippen molar-refractivity contribution in [3.05, 3.63) is 52.6 Å². The van der Waals surface area contributed by atoms with Crippen molar-refractivity contribution in [1.82, 2.24) is 0 Å². The van der Waals surface area contributed by atoms with Gasteiger partial charge in [0.2, 0.25) is 0 Å². The summed E-state index contributed by atoms with van der Waals surface area (Å²) in [6.45, 7) is 1.91. The van der Waals surface area contributed by atoms with Gasteiger partial charge in [-0.05, 0) is 84.4 Å². The molecule has 2 fully saturated rings. The monoisotopic (exact) mass is 486 g/mol. The molecule has 0 amide bonds. The molecule has 0 bridgehead atoms.